The van der Waals surface area contributed by atoms with Crippen LogP contribution in [0.5, 0.6) is 0 Å². The van der Waals surface area contributed by atoms with Gasteiger partial charge in [0.05, 0.1) is 7.11 Å². The lowest BCUT2D eigenvalue weighted by Gasteiger charge is -2.21. The molecule has 0 saturated carbocycles. The fraction of sp³-hybridized carbons (Fsp3) is 0.467. The Morgan fingerprint density at radius 2 is 1.50 bits per heavy atom. The fourth-order valence-electron chi connectivity index (χ4n) is 1.95. The molecule has 0 aliphatic carbocycles. The van der Waals surface area contributed by atoms with Crippen LogP contribution in [0.2, 0.25) is 0 Å². The summed E-state index contributed by atoms with van der Waals surface area (Å²) in [5.41, 5.74) is 3.25. The molecule has 0 saturated heterocycles. The van der Waals surface area contributed by atoms with Crippen molar-refractivity contribution in [3.05, 3.63) is 34.4 Å². The first-order valence-electron chi connectivity index (χ1n) is 5.93. The molecule has 0 atom stereocenters. The number of carbonyl (C=O) groups excluding carboxylic acids is 2. The van der Waals surface area contributed by atoms with E-state index >= 15 is 0 Å². The highest BCUT2D eigenvalue weighted by atomic mass is 16.5. The lowest BCUT2D eigenvalue weighted by molar-refractivity contribution is -0.135. The molecule has 0 bridgehead atoms. The van der Waals surface area contributed by atoms with Crippen LogP contribution in [0.4, 0.5) is 0 Å². The van der Waals surface area contributed by atoms with Crippen molar-refractivity contribution in [2.75, 3.05) is 7.11 Å². The van der Waals surface area contributed by atoms with E-state index in [1.54, 1.807) is 0 Å². The SMILES string of the molecule is COC(=O)C(=O)c1c(C)cc(C(C)(C)C)cc1C. The molecule has 1 aromatic rings. The van der Waals surface area contributed by atoms with E-state index in [0.29, 0.717) is 5.56 Å². The molecule has 1 aromatic carbocycles. The molecule has 0 aliphatic heterocycles. The summed E-state index contributed by atoms with van der Waals surface area (Å²) in [7, 11) is 1.22. The number of hydrogen-bond acceptors (Lipinski definition) is 3. The Labute approximate surface area is 108 Å². The molecule has 0 heterocycles. The zero-order chi connectivity index (χ0) is 14.1. The molecule has 1 rings (SSSR count). The number of Topliss-reactive ketones (excluding diaryl/α,β-unsaturated/α-hetero) is 1. The second-order valence-electron chi connectivity index (χ2n) is 5.56. The Morgan fingerprint density at radius 1 is 1.06 bits per heavy atom. The molecule has 0 aliphatic rings. The van der Waals surface area contributed by atoms with E-state index < -0.39 is 11.8 Å². The van der Waals surface area contributed by atoms with Gasteiger partial charge in [-0.1, -0.05) is 32.9 Å². The monoisotopic (exact) mass is 248 g/mol. The van der Waals surface area contributed by atoms with Gasteiger partial charge in [-0.3, -0.25) is 4.79 Å². The third kappa shape index (κ3) is 2.78. The summed E-state index contributed by atoms with van der Waals surface area (Å²) in [5, 5.41) is 0. The van der Waals surface area contributed by atoms with Crippen LogP contribution < -0.4 is 0 Å². The smallest absolute Gasteiger partial charge is 0.379 e. The minimum Gasteiger partial charge on any atom is -0.463 e. The van der Waals surface area contributed by atoms with E-state index in [1.165, 1.54) is 7.11 Å². The number of methoxy groups -OCH3 is 1. The molecule has 0 radical (unpaired) electrons. The molecule has 3 nitrogen and oxygen atoms in total. The molecule has 0 aromatic heterocycles. The van der Waals surface area contributed by atoms with Gasteiger partial charge < -0.3 is 4.74 Å². The van der Waals surface area contributed by atoms with Gasteiger partial charge in [-0.25, -0.2) is 4.79 Å². The van der Waals surface area contributed by atoms with E-state index in [9.17, 15) is 9.59 Å². The van der Waals surface area contributed by atoms with Gasteiger partial charge in [0.2, 0.25) is 0 Å². The van der Waals surface area contributed by atoms with Crippen molar-refractivity contribution >= 4 is 11.8 Å². The maximum absolute atomic E-state index is 11.9. The van der Waals surface area contributed by atoms with E-state index in [0.717, 1.165) is 16.7 Å². The summed E-state index contributed by atoms with van der Waals surface area (Å²) >= 11 is 0. The number of esters is 1. The summed E-state index contributed by atoms with van der Waals surface area (Å²) < 4.78 is 4.49. The number of aryl methyl sites for hydroxylation is 2. The predicted molar refractivity (Wildman–Crippen MR) is 71.0 cm³/mol. The van der Waals surface area contributed by atoms with Crippen molar-refractivity contribution in [3.8, 4) is 0 Å². The topological polar surface area (TPSA) is 43.4 Å². The van der Waals surface area contributed by atoms with Crippen molar-refractivity contribution in [1.82, 2.24) is 0 Å². The highest BCUT2D eigenvalue weighted by molar-refractivity contribution is 6.41. The van der Waals surface area contributed by atoms with Crippen LogP contribution in [-0.4, -0.2) is 18.9 Å². The quantitative estimate of drug-likeness (QED) is 0.459. The maximum Gasteiger partial charge on any atom is 0.379 e. The summed E-state index contributed by atoms with van der Waals surface area (Å²) in [6.45, 7) is 10.0. The van der Waals surface area contributed by atoms with Crippen molar-refractivity contribution in [1.29, 1.82) is 0 Å². The summed E-state index contributed by atoms with van der Waals surface area (Å²) in [6.07, 6.45) is 0. The van der Waals surface area contributed by atoms with Crippen LogP contribution in [0.25, 0.3) is 0 Å². The highest BCUT2D eigenvalue weighted by Gasteiger charge is 2.23. The van der Waals surface area contributed by atoms with Gasteiger partial charge >= 0.3 is 5.97 Å². The third-order valence-electron chi connectivity index (χ3n) is 3.00. The average Bonchev–Trinajstić information content (AvgIpc) is 2.25. The van der Waals surface area contributed by atoms with Crippen molar-refractivity contribution in [2.45, 2.75) is 40.0 Å². The Kier molecular flexibility index (Phi) is 3.95. The van der Waals surface area contributed by atoms with Crippen molar-refractivity contribution in [2.24, 2.45) is 0 Å². The van der Waals surface area contributed by atoms with Gasteiger partial charge in [-0.05, 0) is 36.0 Å². The van der Waals surface area contributed by atoms with Gasteiger partial charge in [0, 0.05) is 5.56 Å². The molecule has 3 heteroatoms. The summed E-state index contributed by atoms with van der Waals surface area (Å²) in [6, 6.07) is 3.92. The van der Waals surface area contributed by atoms with Crippen LogP contribution >= 0.6 is 0 Å². The average molecular weight is 248 g/mol. The first-order chi connectivity index (χ1) is 8.18. The van der Waals surface area contributed by atoms with E-state index in [1.807, 2.05) is 26.0 Å². The third-order valence-corrected chi connectivity index (χ3v) is 3.00. The zero-order valence-electron chi connectivity index (χ0n) is 11.9. The van der Waals surface area contributed by atoms with Gasteiger partial charge in [0.15, 0.2) is 0 Å². The Morgan fingerprint density at radius 3 is 1.83 bits per heavy atom. The minimum absolute atomic E-state index is 0.0162. The van der Waals surface area contributed by atoms with E-state index in [4.69, 9.17) is 0 Å². The van der Waals surface area contributed by atoms with Crippen LogP contribution in [-0.2, 0) is 14.9 Å². The lowest BCUT2D eigenvalue weighted by atomic mass is 9.83. The largest absolute Gasteiger partial charge is 0.463 e. The lowest BCUT2D eigenvalue weighted by Crippen LogP contribution is -2.20. The molecule has 0 unspecified atom stereocenters. The Bertz CT molecular complexity index is 470. The number of benzene rings is 1. The van der Waals surface area contributed by atoms with Crippen LogP contribution in [0, 0.1) is 13.8 Å². The second kappa shape index (κ2) is 4.92. The van der Waals surface area contributed by atoms with Crippen LogP contribution in [0.15, 0.2) is 12.1 Å². The Balaban J connectivity index is 3.34. The standard InChI is InChI=1S/C15H20O3/c1-9-7-11(15(3,4)5)8-10(2)12(9)13(16)14(17)18-6/h7-8H,1-6H3. The number of ether oxygens (including phenoxy) is 1. The zero-order valence-corrected chi connectivity index (χ0v) is 11.9. The molecular formula is C15H20O3. The van der Waals surface area contributed by atoms with Crippen molar-refractivity contribution < 1.29 is 14.3 Å². The number of rotatable bonds is 2. The molecule has 0 fully saturated rings. The molecular weight excluding hydrogens is 228 g/mol. The van der Waals surface area contributed by atoms with Gasteiger partial charge in [0.1, 0.15) is 0 Å². The van der Waals surface area contributed by atoms with Gasteiger partial charge in [0.25, 0.3) is 5.78 Å². The molecule has 0 N–H and O–H groups in total. The van der Waals surface area contributed by atoms with E-state index in [2.05, 4.69) is 25.5 Å². The molecule has 0 amide bonds. The van der Waals surface area contributed by atoms with Crippen molar-refractivity contribution in [3.63, 3.8) is 0 Å². The Hall–Kier alpha value is -1.64. The molecule has 18 heavy (non-hydrogen) atoms. The number of carbonyl (C=O) groups is 2. The first-order valence-corrected chi connectivity index (χ1v) is 5.93. The van der Waals surface area contributed by atoms with E-state index in [-0.39, 0.29) is 5.41 Å². The normalized spacial score (nSPS) is 11.2. The highest BCUT2D eigenvalue weighted by Crippen LogP contribution is 2.27. The van der Waals surface area contributed by atoms with Gasteiger partial charge in [-0.15, -0.1) is 0 Å². The molecule has 0 spiro atoms. The summed E-state index contributed by atoms with van der Waals surface area (Å²) in [4.78, 5) is 23.2. The molecule has 98 valence electrons. The van der Waals surface area contributed by atoms with Crippen LogP contribution in [0.3, 0.4) is 0 Å². The number of ketones is 1. The van der Waals surface area contributed by atoms with Gasteiger partial charge in [-0.2, -0.15) is 0 Å². The second-order valence-corrected chi connectivity index (χ2v) is 5.56. The first kappa shape index (κ1) is 14.4. The summed E-state index contributed by atoms with van der Waals surface area (Å²) in [5.74, 6) is -1.39. The minimum atomic E-state index is -0.815. The number of hydrogen-bond donors (Lipinski definition) is 0. The maximum atomic E-state index is 11.9. The predicted octanol–water partition coefficient (Wildman–Crippen LogP) is 2.96. The van der Waals surface area contributed by atoms with Crippen LogP contribution in [0.1, 0.15) is 47.8 Å². The fourth-order valence-corrected chi connectivity index (χ4v) is 1.95.